The molecule has 0 saturated carbocycles. The van der Waals surface area contributed by atoms with E-state index >= 15 is 0 Å². The summed E-state index contributed by atoms with van der Waals surface area (Å²) < 4.78 is 61.3. The van der Waals surface area contributed by atoms with Gasteiger partial charge >= 0.3 is 6.18 Å². The molecule has 0 saturated heterocycles. The maximum atomic E-state index is 12.4. The first-order valence-electron chi connectivity index (χ1n) is 5.74. The summed E-state index contributed by atoms with van der Waals surface area (Å²) in [6, 6.07) is 3.23. The lowest BCUT2D eigenvalue weighted by atomic mass is 10.2. The Morgan fingerprint density at radius 3 is 2.35 bits per heavy atom. The van der Waals surface area contributed by atoms with E-state index < -0.39 is 28.5 Å². The molecule has 0 radical (unpaired) electrons. The van der Waals surface area contributed by atoms with E-state index in [-0.39, 0.29) is 18.8 Å². The van der Waals surface area contributed by atoms with Gasteiger partial charge in [0.2, 0.25) is 10.0 Å². The van der Waals surface area contributed by atoms with Crippen LogP contribution in [-0.2, 0) is 16.4 Å². The zero-order valence-corrected chi connectivity index (χ0v) is 12.0. The zero-order chi connectivity index (χ0) is 15.2. The van der Waals surface area contributed by atoms with Crippen LogP contribution in [0.4, 0.5) is 13.2 Å². The van der Waals surface area contributed by atoms with Gasteiger partial charge in [-0.3, -0.25) is 4.98 Å². The van der Waals surface area contributed by atoms with Crippen LogP contribution in [0.1, 0.15) is 5.56 Å². The minimum absolute atomic E-state index is 0.126. The molecule has 0 aliphatic rings. The van der Waals surface area contributed by atoms with Gasteiger partial charge in [0.1, 0.15) is 6.54 Å². The van der Waals surface area contributed by atoms with Gasteiger partial charge in [-0.1, -0.05) is 0 Å². The van der Waals surface area contributed by atoms with Crippen LogP contribution in [0.5, 0.6) is 0 Å². The van der Waals surface area contributed by atoms with E-state index in [1.807, 2.05) is 0 Å². The van der Waals surface area contributed by atoms with Gasteiger partial charge in [-0.05, 0) is 24.1 Å². The van der Waals surface area contributed by atoms with Crippen molar-refractivity contribution < 1.29 is 21.6 Å². The average molecular weight is 331 g/mol. The molecule has 1 heterocycles. The second-order valence-electron chi connectivity index (χ2n) is 4.06. The number of alkyl halides is 4. The van der Waals surface area contributed by atoms with E-state index in [0.29, 0.717) is 9.87 Å². The molecule has 0 spiro atoms. The molecule has 20 heavy (non-hydrogen) atoms. The van der Waals surface area contributed by atoms with Crippen molar-refractivity contribution in [2.24, 2.45) is 0 Å². The molecule has 9 heteroatoms. The Kier molecular flexibility index (Phi) is 6.22. The molecule has 1 aromatic heterocycles. The largest absolute Gasteiger partial charge is 0.402 e. The molecule has 0 N–H and O–H groups in total. The number of aromatic nitrogens is 1. The van der Waals surface area contributed by atoms with Crippen LogP contribution < -0.4 is 0 Å². The highest BCUT2D eigenvalue weighted by molar-refractivity contribution is 7.89. The van der Waals surface area contributed by atoms with Crippen molar-refractivity contribution in [3.05, 3.63) is 30.1 Å². The molecule has 114 valence electrons. The fourth-order valence-corrected chi connectivity index (χ4v) is 3.30. The van der Waals surface area contributed by atoms with Crippen molar-refractivity contribution in [3.8, 4) is 0 Å². The van der Waals surface area contributed by atoms with Gasteiger partial charge in [-0.25, -0.2) is 8.42 Å². The number of hydrogen-bond acceptors (Lipinski definition) is 3. The highest BCUT2D eigenvalue weighted by Gasteiger charge is 2.35. The highest BCUT2D eigenvalue weighted by atomic mass is 35.5. The number of hydrogen-bond donors (Lipinski definition) is 0. The van der Waals surface area contributed by atoms with E-state index in [9.17, 15) is 21.6 Å². The quantitative estimate of drug-likeness (QED) is 0.719. The van der Waals surface area contributed by atoms with E-state index in [1.165, 1.54) is 12.4 Å². The van der Waals surface area contributed by atoms with Crippen LogP contribution in [0.3, 0.4) is 0 Å². The molecule has 0 fully saturated rings. The Morgan fingerprint density at radius 1 is 1.25 bits per heavy atom. The van der Waals surface area contributed by atoms with Crippen molar-refractivity contribution >= 4 is 21.6 Å². The third kappa shape index (κ3) is 6.06. The van der Waals surface area contributed by atoms with Gasteiger partial charge in [0, 0.05) is 24.8 Å². The predicted molar refractivity (Wildman–Crippen MR) is 70.1 cm³/mol. The van der Waals surface area contributed by atoms with Crippen LogP contribution in [0.25, 0.3) is 0 Å². The second-order valence-corrected chi connectivity index (χ2v) is 6.53. The number of rotatable bonds is 7. The van der Waals surface area contributed by atoms with Gasteiger partial charge in [0.25, 0.3) is 0 Å². The summed E-state index contributed by atoms with van der Waals surface area (Å²) in [5, 5.41) is 0. The predicted octanol–water partition coefficient (Wildman–Crippen LogP) is 2.06. The molecular weight excluding hydrogens is 317 g/mol. The molecule has 0 aliphatic carbocycles. The Bertz CT molecular complexity index is 508. The lowest BCUT2D eigenvalue weighted by Crippen LogP contribution is -2.41. The normalized spacial score (nSPS) is 12.8. The first kappa shape index (κ1) is 17.2. The maximum Gasteiger partial charge on any atom is 0.402 e. The summed E-state index contributed by atoms with van der Waals surface area (Å²) in [7, 11) is -4.01. The summed E-state index contributed by atoms with van der Waals surface area (Å²) in [4.78, 5) is 3.78. The molecule has 4 nitrogen and oxygen atoms in total. The van der Waals surface area contributed by atoms with Gasteiger partial charge in [0.15, 0.2) is 0 Å². The summed E-state index contributed by atoms with van der Waals surface area (Å²) in [5.74, 6) is -0.589. The molecule has 0 unspecified atom stereocenters. The van der Waals surface area contributed by atoms with Crippen molar-refractivity contribution in [1.82, 2.24) is 9.29 Å². The number of pyridine rings is 1. The van der Waals surface area contributed by atoms with E-state index in [0.717, 1.165) is 0 Å². The number of halogens is 4. The van der Waals surface area contributed by atoms with Gasteiger partial charge in [0.05, 0.1) is 5.75 Å². The van der Waals surface area contributed by atoms with Crippen LogP contribution in [0, 0.1) is 0 Å². The maximum absolute atomic E-state index is 12.4. The Morgan fingerprint density at radius 2 is 1.85 bits per heavy atom. The van der Waals surface area contributed by atoms with Crippen LogP contribution >= 0.6 is 11.6 Å². The van der Waals surface area contributed by atoms with Gasteiger partial charge in [-0.15, -0.1) is 11.6 Å². The average Bonchev–Trinajstić information content (AvgIpc) is 2.36. The fraction of sp³-hybridized carbons (Fsp3) is 0.545. The Hall–Kier alpha value is -0.860. The summed E-state index contributed by atoms with van der Waals surface area (Å²) in [5.41, 5.74) is 0.696. The molecule has 1 aromatic rings. The first-order chi connectivity index (χ1) is 9.24. The number of nitrogens with zero attached hydrogens (tertiary/aromatic N) is 2. The summed E-state index contributed by atoms with van der Waals surface area (Å²) in [6.45, 7) is -1.88. The third-order valence-electron chi connectivity index (χ3n) is 2.48. The molecule has 1 rings (SSSR count). The number of aryl methyl sites for hydroxylation is 1. The Labute approximate surface area is 120 Å². The van der Waals surface area contributed by atoms with E-state index in [1.54, 1.807) is 12.1 Å². The molecule has 0 aromatic carbocycles. The highest BCUT2D eigenvalue weighted by Crippen LogP contribution is 2.19. The van der Waals surface area contributed by atoms with Gasteiger partial charge in [-0.2, -0.15) is 17.5 Å². The number of sulfonamides is 1. The minimum atomic E-state index is -4.59. The Balaban J connectivity index is 2.72. The lowest BCUT2D eigenvalue weighted by Gasteiger charge is -2.22. The van der Waals surface area contributed by atoms with Crippen molar-refractivity contribution in [2.45, 2.75) is 12.6 Å². The van der Waals surface area contributed by atoms with Crippen LogP contribution in [0.2, 0.25) is 0 Å². The first-order valence-corrected chi connectivity index (χ1v) is 7.88. The van der Waals surface area contributed by atoms with E-state index in [4.69, 9.17) is 11.6 Å². The van der Waals surface area contributed by atoms with Crippen molar-refractivity contribution in [2.75, 3.05) is 24.7 Å². The van der Waals surface area contributed by atoms with Crippen LogP contribution in [0.15, 0.2) is 24.5 Å². The summed E-state index contributed by atoms with van der Waals surface area (Å²) >= 11 is 5.37. The van der Waals surface area contributed by atoms with Gasteiger partial charge < -0.3 is 0 Å². The smallest absolute Gasteiger partial charge is 0.265 e. The monoisotopic (exact) mass is 330 g/mol. The van der Waals surface area contributed by atoms with Crippen molar-refractivity contribution in [1.29, 1.82) is 0 Å². The fourth-order valence-electron chi connectivity index (χ4n) is 1.54. The second kappa shape index (κ2) is 7.24. The SMILES string of the molecule is O=S(=O)(CCc1ccncc1)N(CCCl)CC(F)(F)F. The molecule has 0 amide bonds. The molecule has 0 bridgehead atoms. The topological polar surface area (TPSA) is 50.3 Å². The standard InChI is InChI=1S/C11H14ClF3N2O2S/c12-4-7-17(9-11(13,14)15)20(18,19)8-3-10-1-5-16-6-2-10/h1-2,5-6H,3-4,7-9H2. The lowest BCUT2D eigenvalue weighted by molar-refractivity contribution is -0.135. The molecule has 0 aliphatic heterocycles. The van der Waals surface area contributed by atoms with E-state index in [2.05, 4.69) is 4.98 Å². The minimum Gasteiger partial charge on any atom is -0.265 e. The molecule has 0 atom stereocenters. The summed E-state index contributed by atoms with van der Waals surface area (Å²) in [6.07, 6.45) is -1.47. The third-order valence-corrected chi connectivity index (χ3v) is 4.47. The molecular formula is C11H14ClF3N2O2S. The van der Waals surface area contributed by atoms with Crippen LogP contribution in [-0.4, -0.2) is 48.6 Å². The zero-order valence-electron chi connectivity index (χ0n) is 10.5. The van der Waals surface area contributed by atoms with Crippen molar-refractivity contribution in [3.63, 3.8) is 0 Å².